The SMILES string of the molecule is CC(C)c1ccc(Nc2nn(CN3CCN(C(=O)C4CCCO4)CC3)c(=S)s2)cc1. The van der Waals surface area contributed by atoms with Crippen molar-refractivity contribution in [2.45, 2.75) is 45.4 Å². The summed E-state index contributed by atoms with van der Waals surface area (Å²) in [6.07, 6.45) is 1.60. The number of aromatic nitrogens is 2. The van der Waals surface area contributed by atoms with E-state index in [2.05, 4.69) is 53.4 Å². The van der Waals surface area contributed by atoms with Crippen molar-refractivity contribution in [1.29, 1.82) is 0 Å². The molecule has 1 unspecified atom stereocenters. The molecule has 1 N–H and O–H groups in total. The van der Waals surface area contributed by atoms with Crippen molar-refractivity contribution < 1.29 is 9.53 Å². The first-order valence-electron chi connectivity index (χ1n) is 10.6. The quantitative estimate of drug-likeness (QED) is 0.680. The van der Waals surface area contributed by atoms with Gasteiger partial charge >= 0.3 is 0 Å². The van der Waals surface area contributed by atoms with Crippen molar-refractivity contribution >= 4 is 40.3 Å². The number of hydrogen-bond donors (Lipinski definition) is 1. The number of hydrogen-bond acceptors (Lipinski definition) is 7. The number of ether oxygens (including phenoxy) is 1. The smallest absolute Gasteiger partial charge is 0.251 e. The largest absolute Gasteiger partial charge is 0.368 e. The van der Waals surface area contributed by atoms with E-state index in [-0.39, 0.29) is 12.0 Å². The van der Waals surface area contributed by atoms with Crippen LogP contribution in [0.5, 0.6) is 0 Å². The molecule has 4 rings (SSSR count). The summed E-state index contributed by atoms with van der Waals surface area (Å²) in [6.45, 7) is 8.81. The number of nitrogens with zero attached hydrogens (tertiary/aromatic N) is 4. The summed E-state index contributed by atoms with van der Waals surface area (Å²) in [5.41, 5.74) is 2.33. The minimum atomic E-state index is -0.230. The van der Waals surface area contributed by atoms with Gasteiger partial charge in [0.05, 0.1) is 6.67 Å². The van der Waals surface area contributed by atoms with Gasteiger partial charge in [-0.25, -0.2) is 4.68 Å². The van der Waals surface area contributed by atoms with E-state index in [1.807, 2.05) is 9.58 Å². The van der Waals surface area contributed by atoms with Gasteiger partial charge < -0.3 is 15.0 Å². The molecule has 2 saturated heterocycles. The van der Waals surface area contributed by atoms with Crippen LogP contribution in [0.1, 0.15) is 38.2 Å². The van der Waals surface area contributed by atoms with Gasteiger partial charge in [-0.2, -0.15) is 0 Å². The summed E-state index contributed by atoms with van der Waals surface area (Å²) in [4.78, 5) is 16.7. The van der Waals surface area contributed by atoms with Crippen LogP contribution in [0.2, 0.25) is 0 Å². The monoisotopic (exact) mass is 447 g/mol. The molecule has 162 valence electrons. The summed E-state index contributed by atoms with van der Waals surface area (Å²) < 4.78 is 8.15. The molecule has 30 heavy (non-hydrogen) atoms. The average molecular weight is 448 g/mol. The highest BCUT2D eigenvalue weighted by Crippen LogP contribution is 2.23. The highest BCUT2D eigenvalue weighted by molar-refractivity contribution is 7.73. The van der Waals surface area contributed by atoms with Gasteiger partial charge in [-0.3, -0.25) is 9.69 Å². The lowest BCUT2D eigenvalue weighted by atomic mass is 10.0. The summed E-state index contributed by atoms with van der Waals surface area (Å²) in [5, 5.41) is 8.80. The minimum Gasteiger partial charge on any atom is -0.368 e. The van der Waals surface area contributed by atoms with E-state index in [1.165, 1.54) is 16.9 Å². The Bertz CT molecular complexity index is 910. The molecule has 9 heteroatoms. The van der Waals surface area contributed by atoms with Crippen LogP contribution in [0, 0.1) is 3.95 Å². The molecule has 1 aromatic heterocycles. The van der Waals surface area contributed by atoms with Crippen molar-refractivity contribution in [1.82, 2.24) is 19.6 Å². The first-order chi connectivity index (χ1) is 14.5. The fourth-order valence-electron chi connectivity index (χ4n) is 3.80. The molecule has 3 heterocycles. The molecule has 0 saturated carbocycles. The molecule has 2 aliphatic rings. The Hall–Kier alpha value is -1.81. The number of rotatable bonds is 6. The van der Waals surface area contributed by atoms with Crippen LogP contribution in [0.4, 0.5) is 10.8 Å². The maximum atomic E-state index is 12.5. The van der Waals surface area contributed by atoms with Gasteiger partial charge in [-0.15, -0.1) is 5.10 Å². The number of carbonyl (C=O) groups excluding carboxylic acids is 1. The number of anilines is 2. The zero-order valence-corrected chi connectivity index (χ0v) is 19.2. The van der Waals surface area contributed by atoms with Gasteiger partial charge in [0.1, 0.15) is 6.10 Å². The first kappa shape index (κ1) is 21.4. The second-order valence-corrected chi connectivity index (χ2v) is 9.78. The van der Waals surface area contributed by atoms with E-state index < -0.39 is 0 Å². The fourth-order valence-corrected chi connectivity index (χ4v) is 4.81. The van der Waals surface area contributed by atoms with E-state index in [1.54, 1.807) is 0 Å². The van der Waals surface area contributed by atoms with Crippen molar-refractivity contribution in [3.8, 4) is 0 Å². The molecular formula is C21H29N5O2S2. The zero-order chi connectivity index (χ0) is 21.1. The van der Waals surface area contributed by atoms with Crippen LogP contribution in [-0.4, -0.2) is 64.4 Å². The van der Waals surface area contributed by atoms with Gasteiger partial charge in [0.15, 0.2) is 3.95 Å². The number of carbonyl (C=O) groups is 1. The van der Waals surface area contributed by atoms with Crippen molar-refractivity contribution in [3.05, 3.63) is 33.8 Å². The maximum Gasteiger partial charge on any atom is 0.251 e. The number of piperazine rings is 1. The highest BCUT2D eigenvalue weighted by atomic mass is 32.1. The van der Waals surface area contributed by atoms with Crippen molar-refractivity contribution in [3.63, 3.8) is 0 Å². The van der Waals surface area contributed by atoms with Gasteiger partial charge in [0, 0.05) is 38.5 Å². The molecule has 2 aromatic rings. The lowest BCUT2D eigenvalue weighted by molar-refractivity contribution is -0.142. The molecule has 1 atom stereocenters. The average Bonchev–Trinajstić information content (AvgIpc) is 3.39. The summed E-state index contributed by atoms with van der Waals surface area (Å²) in [7, 11) is 0. The van der Waals surface area contributed by atoms with Gasteiger partial charge in [0.2, 0.25) is 5.13 Å². The normalized spacial score (nSPS) is 20.1. The molecule has 0 bridgehead atoms. The van der Waals surface area contributed by atoms with Crippen LogP contribution >= 0.6 is 23.6 Å². The number of benzene rings is 1. The van der Waals surface area contributed by atoms with E-state index in [0.717, 1.165) is 53.8 Å². The van der Waals surface area contributed by atoms with Gasteiger partial charge in [0.25, 0.3) is 5.91 Å². The lowest BCUT2D eigenvalue weighted by Gasteiger charge is -2.35. The highest BCUT2D eigenvalue weighted by Gasteiger charge is 2.30. The molecule has 2 aliphatic heterocycles. The Morgan fingerprint density at radius 1 is 1.27 bits per heavy atom. The molecular weight excluding hydrogens is 418 g/mol. The van der Waals surface area contributed by atoms with Crippen LogP contribution in [0.15, 0.2) is 24.3 Å². The Labute approximate surface area is 186 Å². The van der Waals surface area contributed by atoms with E-state index in [0.29, 0.717) is 19.2 Å². The van der Waals surface area contributed by atoms with E-state index in [9.17, 15) is 4.79 Å². The predicted molar refractivity (Wildman–Crippen MR) is 122 cm³/mol. The summed E-state index contributed by atoms with van der Waals surface area (Å²) in [5.74, 6) is 0.661. The Kier molecular flexibility index (Phi) is 6.82. The number of nitrogens with one attached hydrogen (secondary N) is 1. The lowest BCUT2D eigenvalue weighted by Crippen LogP contribution is -2.51. The first-order valence-corrected chi connectivity index (χ1v) is 11.8. The fraction of sp³-hybridized carbons (Fsp3) is 0.571. The third-order valence-electron chi connectivity index (χ3n) is 5.66. The topological polar surface area (TPSA) is 62.6 Å². The van der Waals surface area contributed by atoms with Crippen molar-refractivity contribution in [2.24, 2.45) is 0 Å². The molecule has 0 radical (unpaired) electrons. The Morgan fingerprint density at radius 2 is 2.00 bits per heavy atom. The minimum absolute atomic E-state index is 0.146. The molecule has 2 fully saturated rings. The summed E-state index contributed by atoms with van der Waals surface area (Å²) >= 11 is 7.00. The van der Waals surface area contributed by atoms with Crippen LogP contribution in [0.3, 0.4) is 0 Å². The van der Waals surface area contributed by atoms with Crippen LogP contribution in [0.25, 0.3) is 0 Å². The number of amides is 1. The zero-order valence-electron chi connectivity index (χ0n) is 17.5. The van der Waals surface area contributed by atoms with E-state index in [4.69, 9.17) is 17.0 Å². The molecule has 7 nitrogen and oxygen atoms in total. The predicted octanol–water partition coefficient (Wildman–Crippen LogP) is 3.82. The van der Waals surface area contributed by atoms with Crippen molar-refractivity contribution in [2.75, 3.05) is 38.1 Å². The van der Waals surface area contributed by atoms with Gasteiger partial charge in [-0.05, 0) is 48.7 Å². The van der Waals surface area contributed by atoms with Gasteiger partial charge in [-0.1, -0.05) is 37.3 Å². The van der Waals surface area contributed by atoms with Crippen LogP contribution < -0.4 is 5.32 Å². The standard InChI is InChI=1S/C21H29N5O2S2/c1-15(2)16-5-7-17(8-6-16)22-20-23-26(21(29)30-20)14-24-9-11-25(12-10-24)19(27)18-4-3-13-28-18/h5-8,15,18H,3-4,9-14H2,1-2H3,(H,22,23). The Morgan fingerprint density at radius 3 is 2.63 bits per heavy atom. The maximum absolute atomic E-state index is 12.5. The third-order valence-corrected chi connectivity index (χ3v) is 6.88. The molecule has 0 spiro atoms. The summed E-state index contributed by atoms with van der Waals surface area (Å²) in [6, 6.07) is 8.43. The Balaban J connectivity index is 1.31. The van der Waals surface area contributed by atoms with Crippen LogP contribution in [-0.2, 0) is 16.2 Å². The molecule has 1 aromatic carbocycles. The van der Waals surface area contributed by atoms with E-state index >= 15 is 0 Å². The second kappa shape index (κ2) is 9.55. The second-order valence-electron chi connectivity index (χ2n) is 8.16. The molecule has 1 amide bonds. The molecule has 0 aliphatic carbocycles. The third kappa shape index (κ3) is 5.08.